The van der Waals surface area contributed by atoms with E-state index in [1.807, 2.05) is 24.3 Å². The van der Waals surface area contributed by atoms with Crippen molar-refractivity contribution in [1.82, 2.24) is 4.98 Å². The zero-order valence-corrected chi connectivity index (χ0v) is 11.1. The quantitative estimate of drug-likeness (QED) is 0.815. The van der Waals surface area contributed by atoms with E-state index in [1.165, 1.54) is 0 Å². The molecule has 1 aliphatic carbocycles. The SMILES string of the molecule is O=Cc1ccc2c(c1)CC1(C2)OC(=O)Nc2ncccc21. The highest BCUT2D eigenvalue weighted by molar-refractivity contribution is 5.87. The second-order valence-electron chi connectivity index (χ2n) is 5.41. The predicted octanol–water partition coefficient (Wildman–Crippen LogP) is 2.45. The number of nitrogens with zero attached hydrogens (tertiary/aromatic N) is 1. The van der Waals surface area contributed by atoms with E-state index in [0.717, 1.165) is 23.0 Å². The third kappa shape index (κ3) is 1.74. The van der Waals surface area contributed by atoms with Gasteiger partial charge < -0.3 is 4.74 Å². The minimum atomic E-state index is -0.713. The Balaban J connectivity index is 1.84. The summed E-state index contributed by atoms with van der Waals surface area (Å²) in [6, 6.07) is 9.34. The molecule has 4 rings (SSSR count). The van der Waals surface area contributed by atoms with Crippen molar-refractivity contribution in [2.45, 2.75) is 18.4 Å². The first-order valence-electron chi connectivity index (χ1n) is 6.73. The Hall–Kier alpha value is -2.69. The average molecular weight is 280 g/mol. The monoisotopic (exact) mass is 280 g/mol. The number of hydrogen-bond donors (Lipinski definition) is 1. The standard InChI is InChI=1S/C16H12N2O3/c19-9-10-3-4-11-7-16(8-12(11)6-10)13-2-1-5-17-14(13)18-15(20)21-16/h1-6,9H,7-8H2,(H,17,18,20). The Bertz CT molecular complexity index is 772. The minimum Gasteiger partial charge on any atom is -0.437 e. The number of anilines is 1. The number of amides is 1. The number of ether oxygens (including phenoxy) is 1. The van der Waals surface area contributed by atoms with Crippen molar-refractivity contribution in [2.24, 2.45) is 0 Å². The first-order chi connectivity index (χ1) is 10.2. The van der Waals surface area contributed by atoms with Crippen LogP contribution in [0.5, 0.6) is 0 Å². The van der Waals surface area contributed by atoms with Gasteiger partial charge in [0.25, 0.3) is 0 Å². The predicted molar refractivity (Wildman–Crippen MR) is 75.3 cm³/mol. The number of benzene rings is 1. The van der Waals surface area contributed by atoms with Gasteiger partial charge in [0.1, 0.15) is 12.1 Å². The van der Waals surface area contributed by atoms with Crippen molar-refractivity contribution in [3.8, 4) is 0 Å². The van der Waals surface area contributed by atoms with Gasteiger partial charge in [-0.05, 0) is 29.3 Å². The molecular formula is C16H12N2O3. The van der Waals surface area contributed by atoms with Gasteiger partial charge in [0.05, 0.1) is 0 Å². The van der Waals surface area contributed by atoms with Crippen LogP contribution >= 0.6 is 0 Å². The number of aromatic nitrogens is 1. The molecule has 0 saturated carbocycles. The number of rotatable bonds is 1. The van der Waals surface area contributed by atoms with E-state index in [4.69, 9.17) is 4.74 Å². The van der Waals surface area contributed by atoms with Crippen LogP contribution in [-0.2, 0) is 23.2 Å². The van der Waals surface area contributed by atoms with Crippen LogP contribution in [-0.4, -0.2) is 17.4 Å². The van der Waals surface area contributed by atoms with Crippen LogP contribution in [0.2, 0.25) is 0 Å². The van der Waals surface area contributed by atoms with Gasteiger partial charge in [-0.25, -0.2) is 9.78 Å². The fourth-order valence-electron chi connectivity index (χ4n) is 3.22. The number of hydrogen-bond acceptors (Lipinski definition) is 4. The largest absolute Gasteiger partial charge is 0.437 e. The van der Waals surface area contributed by atoms with E-state index in [-0.39, 0.29) is 0 Å². The Morgan fingerprint density at radius 3 is 2.95 bits per heavy atom. The van der Waals surface area contributed by atoms with Crippen LogP contribution in [0.1, 0.15) is 27.0 Å². The fourth-order valence-corrected chi connectivity index (χ4v) is 3.22. The van der Waals surface area contributed by atoms with Crippen LogP contribution in [0.15, 0.2) is 36.5 Å². The van der Waals surface area contributed by atoms with Crippen molar-refractivity contribution in [3.63, 3.8) is 0 Å². The number of carbonyl (C=O) groups excluding carboxylic acids is 2. The Labute approximate surface area is 121 Å². The molecule has 2 heterocycles. The number of fused-ring (bicyclic) bond motifs is 3. The summed E-state index contributed by atoms with van der Waals surface area (Å²) in [5, 5.41) is 2.63. The Morgan fingerprint density at radius 2 is 2.10 bits per heavy atom. The molecule has 0 fully saturated rings. The molecule has 0 radical (unpaired) electrons. The van der Waals surface area contributed by atoms with Gasteiger partial charge in [0, 0.05) is 30.2 Å². The summed E-state index contributed by atoms with van der Waals surface area (Å²) in [7, 11) is 0. The molecule has 0 saturated heterocycles. The average Bonchev–Trinajstić information content (AvgIpc) is 2.84. The maximum Gasteiger partial charge on any atom is 0.413 e. The fraction of sp³-hybridized carbons (Fsp3) is 0.188. The lowest BCUT2D eigenvalue weighted by atomic mass is 9.90. The van der Waals surface area contributed by atoms with Gasteiger partial charge in [-0.15, -0.1) is 0 Å². The molecule has 1 amide bonds. The molecule has 2 aliphatic rings. The first-order valence-corrected chi connectivity index (χ1v) is 6.73. The van der Waals surface area contributed by atoms with Crippen LogP contribution in [0.4, 0.5) is 10.6 Å². The van der Waals surface area contributed by atoms with E-state index in [1.54, 1.807) is 12.3 Å². The van der Waals surface area contributed by atoms with Gasteiger partial charge >= 0.3 is 6.09 Å². The molecule has 2 aromatic rings. The zero-order valence-electron chi connectivity index (χ0n) is 11.1. The number of nitrogens with one attached hydrogen (secondary N) is 1. The van der Waals surface area contributed by atoms with Crippen molar-refractivity contribution < 1.29 is 14.3 Å². The lowest BCUT2D eigenvalue weighted by molar-refractivity contribution is 0.0193. The van der Waals surface area contributed by atoms with Gasteiger partial charge in [0.15, 0.2) is 5.60 Å². The topological polar surface area (TPSA) is 68.3 Å². The molecule has 5 nitrogen and oxygen atoms in total. The van der Waals surface area contributed by atoms with Gasteiger partial charge in [-0.3, -0.25) is 10.1 Å². The maximum atomic E-state index is 11.8. The van der Waals surface area contributed by atoms with Crippen LogP contribution in [0, 0.1) is 0 Å². The van der Waals surface area contributed by atoms with Gasteiger partial charge in [0.2, 0.25) is 0 Å². The van der Waals surface area contributed by atoms with Crippen molar-refractivity contribution in [1.29, 1.82) is 0 Å². The Kier molecular flexibility index (Phi) is 2.39. The molecule has 1 N–H and O–H groups in total. The van der Waals surface area contributed by atoms with Gasteiger partial charge in [-0.1, -0.05) is 12.1 Å². The first kappa shape index (κ1) is 12.1. The van der Waals surface area contributed by atoms with Crippen molar-refractivity contribution in [3.05, 3.63) is 58.8 Å². The normalized spacial score (nSPS) is 22.2. The second kappa shape index (κ2) is 4.15. The van der Waals surface area contributed by atoms with Crippen LogP contribution in [0.3, 0.4) is 0 Å². The highest BCUT2D eigenvalue weighted by Gasteiger charge is 2.47. The summed E-state index contributed by atoms with van der Waals surface area (Å²) in [5.41, 5.74) is 2.95. The van der Waals surface area contributed by atoms with E-state index in [0.29, 0.717) is 24.2 Å². The molecule has 5 heteroatoms. The molecule has 1 aromatic heterocycles. The van der Waals surface area contributed by atoms with Crippen LogP contribution in [0.25, 0.3) is 0 Å². The minimum absolute atomic E-state index is 0.482. The smallest absolute Gasteiger partial charge is 0.413 e. The van der Waals surface area contributed by atoms with Crippen LogP contribution < -0.4 is 5.32 Å². The lowest BCUT2D eigenvalue weighted by Gasteiger charge is -2.34. The zero-order chi connectivity index (χ0) is 14.4. The molecular weight excluding hydrogens is 268 g/mol. The second-order valence-corrected chi connectivity index (χ2v) is 5.41. The van der Waals surface area contributed by atoms with Gasteiger partial charge in [-0.2, -0.15) is 0 Å². The molecule has 1 atom stereocenters. The number of carbonyl (C=O) groups is 2. The van der Waals surface area contributed by atoms with E-state index >= 15 is 0 Å². The molecule has 1 unspecified atom stereocenters. The van der Waals surface area contributed by atoms with Crippen molar-refractivity contribution in [2.75, 3.05) is 5.32 Å². The number of pyridine rings is 1. The van der Waals surface area contributed by atoms with Crippen molar-refractivity contribution >= 4 is 18.2 Å². The molecule has 104 valence electrons. The molecule has 1 aromatic carbocycles. The summed E-state index contributed by atoms with van der Waals surface area (Å²) >= 11 is 0. The number of aldehydes is 1. The molecule has 1 spiro atoms. The summed E-state index contributed by atoms with van der Waals surface area (Å²) < 4.78 is 5.64. The van der Waals surface area contributed by atoms with E-state index in [2.05, 4.69) is 10.3 Å². The molecule has 21 heavy (non-hydrogen) atoms. The van der Waals surface area contributed by atoms with E-state index < -0.39 is 11.7 Å². The van der Waals surface area contributed by atoms with E-state index in [9.17, 15) is 9.59 Å². The Morgan fingerprint density at radius 1 is 1.24 bits per heavy atom. The third-order valence-corrected chi connectivity index (χ3v) is 4.13. The summed E-state index contributed by atoms with van der Waals surface area (Å²) in [6.45, 7) is 0. The summed E-state index contributed by atoms with van der Waals surface area (Å²) in [4.78, 5) is 27.0. The highest BCUT2D eigenvalue weighted by Crippen LogP contribution is 2.45. The summed E-state index contributed by atoms with van der Waals surface area (Å²) in [6.07, 6.45) is 3.16. The highest BCUT2D eigenvalue weighted by atomic mass is 16.6. The summed E-state index contributed by atoms with van der Waals surface area (Å²) in [5.74, 6) is 0.553. The lowest BCUT2D eigenvalue weighted by Crippen LogP contribution is -2.40. The molecule has 1 aliphatic heterocycles. The molecule has 0 bridgehead atoms. The third-order valence-electron chi connectivity index (χ3n) is 4.13. The maximum absolute atomic E-state index is 11.8.